The Labute approximate surface area is 251 Å². The van der Waals surface area contributed by atoms with Crippen LogP contribution in [0.15, 0.2) is 71.5 Å². The summed E-state index contributed by atoms with van der Waals surface area (Å²) in [6.45, 7) is 4.24. The third kappa shape index (κ3) is 5.99. The van der Waals surface area contributed by atoms with E-state index < -0.39 is 22.8 Å². The van der Waals surface area contributed by atoms with Crippen molar-refractivity contribution >= 4 is 21.6 Å². The minimum absolute atomic E-state index is 0.106. The van der Waals surface area contributed by atoms with Gasteiger partial charge >= 0.3 is 0 Å². The van der Waals surface area contributed by atoms with Crippen LogP contribution in [-0.2, 0) is 24.3 Å². The van der Waals surface area contributed by atoms with Gasteiger partial charge in [-0.1, -0.05) is 38.1 Å². The molecule has 0 amide bonds. The molecule has 0 bridgehead atoms. The number of halogens is 2. The Balaban J connectivity index is 1.21. The van der Waals surface area contributed by atoms with E-state index in [1.807, 2.05) is 13.8 Å². The molecule has 0 spiro atoms. The monoisotopic (exact) mass is 612 g/mol. The van der Waals surface area contributed by atoms with E-state index in [0.717, 1.165) is 25.7 Å². The fourth-order valence-electron chi connectivity index (χ4n) is 5.87. The molecule has 2 aromatic heterocycles. The molecule has 8 nitrogen and oxygen atoms in total. The lowest BCUT2D eigenvalue weighted by molar-refractivity contribution is -0.0467. The lowest BCUT2D eigenvalue weighted by Crippen LogP contribution is -2.40. The number of hydrogen-bond acceptors (Lipinski definition) is 8. The van der Waals surface area contributed by atoms with Gasteiger partial charge in [-0.25, -0.2) is 28.1 Å². The van der Waals surface area contributed by atoms with Gasteiger partial charge < -0.3 is 10.2 Å². The molecule has 0 radical (unpaired) electrons. The van der Waals surface area contributed by atoms with Crippen LogP contribution < -0.4 is 0 Å². The van der Waals surface area contributed by atoms with Crippen molar-refractivity contribution in [1.29, 1.82) is 0 Å². The van der Waals surface area contributed by atoms with E-state index in [0.29, 0.717) is 33.3 Å². The summed E-state index contributed by atoms with van der Waals surface area (Å²) in [5, 5.41) is 33.8. The van der Waals surface area contributed by atoms with E-state index in [-0.39, 0.29) is 24.9 Å². The van der Waals surface area contributed by atoms with Gasteiger partial charge in [-0.15, -0.1) is 0 Å². The SMILES string of the molecule is CC(C1CC1)C(O)(Cn1ncnc1SSc1ncnn1CC(O)(c1cccc(F)c1)C(C)C1CC1)c1cccc(F)c1. The van der Waals surface area contributed by atoms with E-state index >= 15 is 0 Å². The maximum Gasteiger partial charge on any atom is 0.197 e. The molecule has 12 heteroatoms. The van der Waals surface area contributed by atoms with E-state index in [9.17, 15) is 19.0 Å². The van der Waals surface area contributed by atoms with Crippen LogP contribution in [0.25, 0.3) is 0 Å². The quantitative estimate of drug-likeness (QED) is 0.182. The van der Waals surface area contributed by atoms with Crippen LogP contribution in [0.4, 0.5) is 8.78 Å². The summed E-state index contributed by atoms with van der Waals surface area (Å²) < 4.78 is 31.7. The molecule has 4 aromatic rings. The fourth-order valence-corrected chi connectivity index (χ4v) is 7.82. The summed E-state index contributed by atoms with van der Waals surface area (Å²) in [6, 6.07) is 12.3. The number of rotatable bonds is 13. The third-order valence-electron chi connectivity index (χ3n) is 8.95. The van der Waals surface area contributed by atoms with Crippen molar-refractivity contribution in [2.75, 3.05) is 0 Å². The van der Waals surface area contributed by atoms with E-state index in [1.165, 1.54) is 58.5 Å². The van der Waals surface area contributed by atoms with Gasteiger partial charge in [0.15, 0.2) is 10.3 Å². The molecule has 6 rings (SSSR count). The second-order valence-electron chi connectivity index (χ2n) is 11.7. The minimum atomic E-state index is -1.34. The topological polar surface area (TPSA) is 102 Å². The van der Waals surface area contributed by atoms with Crippen molar-refractivity contribution in [3.8, 4) is 0 Å². The lowest BCUT2D eigenvalue weighted by Gasteiger charge is -2.35. The zero-order chi connectivity index (χ0) is 29.5. The molecule has 2 aromatic carbocycles. The molecule has 2 aliphatic rings. The predicted octanol–water partition coefficient (Wildman–Crippen LogP) is 5.82. The summed E-state index contributed by atoms with van der Waals surface area (Å²) in [6.07, 6.45) is 6.99. The molecule has 2 saturated carbocycles. The largest absolute Gasteiger partial charge is 0.383 e. The van der Waals surface area contributed by atoms with Gasteiger partial charge in [0.1, 0.15) is 35.5 Å². The molecule has 0 saturated heterocycles. The highest BCUT2D eigenvalue weighted by Crippen LogP contribution is 2.48. The van der Waals surface area contributed by atoms with Crippen molar-refractivity contribution in [3.63, 3.8) is 0 Å². The van der Waals surface area contributed by atoms with Crippen LogP contribution in [-0.4, -0.2) is 39.7 Å². The normalized spacial score (nSPS) is 19.7. The van der Waals surface area contributed by atoms with Gasteiger partial charge in [0.25, 0.3) is 0 Å². The molecule has 222 valence electrons. The van der Waals surface area contributed by atoms with E-state index in [1.54, 1.807) is 33.6 Å². The molecule has 4 atom stereocenters. The van der Waals surface area contributed by atoms with Crippen molar-refractivity contribution in [3.05, 3.63) is 83.9 Å². The Morgan fingerprint density at radius 1 is 0.762 bits per heavy atom. The average Bonchev–Trinajstić information content (AvgIpc) is 3.91. The number of nitrogens with zero attached hydrogens (tertiary/aromatic N) is 6. The maximum atomic E-state index is 14.2. The summed E-state index contributed by atoms with van der Waals surface area (Å²) in [5.74, 6) is -0.282. The Bertz CT molecular complexity index is 1430. The first-order valence-electron chi connectivity index (χ1n) is 14.2. The highest BCUT2D eigenvalue weighted by molar-refractivity contribution is 8.76. The Morgan fingerprint density at radius 3 is 1.52 bits per heavy atom. The lowest BCUT2D eigenvalue weighted by atomic mass is 9.79. The van der Waals surface area contributed by atoms with Gasteiger partial charge in [-0.3, -0.25) is 0 Å². The molecule has 2 N–H and O–H groups in total. The molecule has 2 aliphatic carbocycles. The first-order valence-corrected chi connectivity index (χ1v) is 16.4. The van der Waals surface area contributed by atoms with Crippen molar-refractivity contribution in [2.45, 2.75) is 74.1 Å². The summed E-state index contributed by atoms with van der Waals surface area (Å²) >= 11 is 0. The van der Waals surface area contributed by atoms with Gasteiger partial charge in [-0.2, -0.15) is 10.2 Å². The fraction of sp³-hybridized carbons (Fsp3) is 0.467. The first kappa shape index (κ1) is 29.3. The van der Waals surface area contributed by atoms with Crippen LogP contribution in [0.1, 0.15) is 50.7 Å². The van der Waals surface area contributed by atoms with Gasteiger partial charge in [0.05, 0.1) is 13.1 Å². The molecule has 42 heavy (non-hydrogen) atoms. The van der Waals surface area contributed by atoms with E-state index in [4.69, 9.17) is 0 Å². The molecule has 4 unspecified atom stereocenters. The van der Waals surface area contributed by atoms with Crippen LogP contribution in [0.3, 0.4) is 0 Å². The first-order chi connectivity index (χ1) is 20.2. The zero-order valence-electron chi connectivity index (χ0n) is 23.5. The predicted molar refractivity (Wildman–Crippen MR) is 156 cm³/mol. The van der Waals surface area contributed by atoms with Gasteiger partial charge in [0, 0.05) is 0 Å². The van der Waals surface area contributed by atoms with Crippen LogP contribution in [0.5, 0.6) is 0 Å². The summed E-state index contributed by atoms with van der Waals surface area (Å²) in [7, 11) is 2.62. The van der Waals surface area contributed by atoms with Gasteiger partial charge in [-0.05, 0) is 106 Å². The van der Waals surface area contributed by atoms with Crippen LogP contribution in [0, 0.1) is 35.3 Å². The number of aromatic nitrogens is 6. The second-order valence-corrected chi connectivity index (χ2v) is 13.8. The van der Waals surface area contributed by atoms with Gasteiger partial charge in [0.2, 0.25) is 0 Å². The van der Waals surface area contributed by atoms with E-state index in [2.05, 4.69) is 20.2 Å². The summed E-state index contributed by atoms with van der Waals surface area (Å²) in [4.78, 5) is 8.82. The van der Waals surface area contributed by atoms with Crippen molar-refractivity contribution < 1.29 is 19.0 Å². The highest BCUT2D eigenvalue weighted by Gasteiger charge is 2.46. The minimum Gasteiger partial charge on any atom is -0.383 e. The molecule has 2 heterocycles. The second kappa shape index (κ2) is 11.7. The smallest absolute Gasteiger partial charge is 0.197 e. The zero-order valence-corrected chi connectivity index (χ0v) is 25.1. The number of benzene rings is 2. The van der Waals surface area contributed by atoms with Crippen LogP contribution in [0.2, 0.25) is 0 Å². The van der Waals surface area contributed by atoms with Crippen LogP contribution >= 0.6 is 21.6 Å². The highest BCUT2D eigenvalue weighted by atomic mass is 33.1. The number of aliphatic hydroxyl groups is 2. The Kier molecular flexibility index (Phi) is 8.16. The standard InChI is InChI=1S/C30H34F2N6O2S2/c1-19(21-9-10-21)29(39,23-5-3-7-25(31)13-23)15-37-27(33-17-35-37)41-42-28-34-18-36-38(28)16-30(40,20(2)22-11-12-22)24-6-4-8-26(32)14-24/h3-8,13-14,17-22,39-40H,9-12,15-16H2,1-2H3. The Hall–Kier alpha value is -2.80. The average molecular weight is 613 g/mol. The maximum absolute atomic E-state index is 14.2. The number of hydrogen-bond donors (Lipinski definition) is 2. The molecule has 0 aliphatic heterocycles. The molecule has 2 fully saturated rings. The summed E-state index contributed by atoms with van der Waals surface area (Å²) in [5.41, 5.74) is -1.64. The third-order valence-corrected chi connectivity index (χ3v) is 11.1. The Morgan fingerprint density at radius 2 is 1.17 bits per heavy atom. The van der Waals surface area contributed by atoms with Crippen molar-refractivity contribution in [1.82, 2.24) is 29.5 Å². The molecular formula is C30H34F2N6O2S2. The van der Waals surface area contributed by atoms with Crippen molar-refractivity contribution in [2.24, 2.45) is 23.7 Å². The molecular weight excluding hydrogens is 579 g/mol.